The molecule has 4 nitrogen and oxygen atoms in total. The second-order valence-corrected chi connectivity index (χ2v) is 8.45. The molecule has 0 atom stereocenters. The summed E-state index contributed by atoms with van der Waals surface area (Å²) in [4.78, 5) is 14.4. The van der Waals surface area contributed by atoms with Crippen LogP contribution in [-0.2, 0) is 27.5 Å². The fourth-order valence-corrected chi connectivity index (χ4v) is 4.22. The van der Waals surface area contributed by atoms with Crippen molar-refractivity contribution in [1.29, 1.82) is 0 Å². The van der Waals surface area contributed by atoms with E-state index in [2.05, 4.69) is 24.3 Å². The number of carbonyl (C=O) groups excluding carboxylic acids is 1. The molecule has 1 amide bonds. The van der Waals surface area contributed by atoms with Gasteiger partial charge in [-0.25, -0.2) is 0 Å². The van der Waals surface area contributed by atoms with Gasteiger partial charge in [0.1, 0.15) is 0 Å². The van der Waals surface area contributed by atoms with E-state index in [9.17, 15) is 4.79 Å². The number of nitrogens with zero attached hydrogens (tertiary/aromatic N) is 1. The highest BCUT2D eigenvalue weighted by Gasteiger charge is 2.37. The summed E-state index contributed by atoms with van der Waals surface area (Å²) in [5.74, 6) is 0.117. The van der Waals surface area contributed by atoms with Crippen LogP contribution in [0.4, 0.5) is 0 Å². The number of rotatable bonds is 11. The maximum atomic E-state index is 12.6. The van der Waals surface area contributed by atoms with E-state index in [1.54, 1.807) is 0 Å². The number of likely N-dealkylation sites (N-methyl/N-ethyl adjacent to an activating group) is 1. The topological polar surface area (TPSA) is 38.8 Å². The number of amides is 1. The van der Waals surface area contributed by atoms with E-state index in [4.69, 9.17) is 9.47 Å². The van der Waals surface area contributed by atoms with Crippen molar-refractivity contribution in [1.82, 2.24) is 4.90 Å². The number of carbonyl (C=O) groups is 1. The molecule has 3 rings (SSSR count). The lowest BCUT2D eigenvalue weighted by Gasteiger charge is -2.28. The van der Waals surface area contributed by atoms with Gasteiger partial charge in [0.05, 0.1) is 26.4 Å². The molecule has 31 heavy (non-hydrogen) atoms. The van der Waals surface area contributed by atoms with Crippen LogP contribution in [0, 0.1) is 5.41 Å². The first-order valence-corrected chi connectivity index (χ1v) is 11.4. The maximum absolute atomic E-state index is 12.6. The van der Waals surface area contributed by atoms with Crippen LogP contribution < -0.4 is 0 Å². The molecule has 1 aliphatic carbocycles. The molecule has 0 spiro atoms. The Morgan fingerprint density at radius 1 is 0.903 bits per heavy atom. The van der Waals surface area contributed by atoms with Crippen LogP contribution in [0.3, 0.4) is 0 Å². The highest BCUT2D eigenvalue weighted by atomic mass is 16.5. The van der Waals surface area contributed by atoms with Crippen LogP contribution >= 0.6 is 0 Å². The van der Waals surface area contributed by atoms with Crippen LogP contribution in [0.2, 0.25) is 0 Å². The highest BCUT2D eigenvalue weighted by molar-refractivity contribution is 5.88. The molecule has 2 aromatic rings. The molecular weight excluding hydrogens is 386 g/mol. The van der Waals surface area contributed by atoms with Crippen molar-refractivity contribution in [2.45, 2.75) is 46.3 Å². The lowest BCUT2D eigenvalue weighted by Crippen LogP contribution is -2.30. The zero-order chi connectivity index (χ0) is 21.9. The summed E-state index contributed by atoms with van der Waals surface area (Å²) in [5.41, 5.74) is 3.48. The minimum atomic E-state index is -0.0844. The average molecular weight is 422 g/mol. The quantitative estimate of drug-likeness (QED) is 0.457. The largest absolute Gasteiger partial charge is 0.376 e. The normalized spacial score (nSPS) is 16.5. The SMILES string of the molecule is CCN(CC)C(=O)/C=C1/CCC(COCc2ccccc2)(COCc2ccccc2)C1. The molecule has 4 heteroatoms. The van der Waals surface area contributed by atoms with Crippen molar-refractivity contribution in [3.05, 3.63) is 83.4 Å². The molecule has 1 fully saturated rings. The monoisotopic (exact) mass is 421 g/mol. The molecule has 2 aromatic carbocycles. The molecule has 0 unspecified atom stereocenters. The summed E-state index contributed by atoms with van der Waals surface area (Å²) in [6, 6.07) is 20.5. The van der Waals surface area contributed by atoms with Crippen molar-refractivity contribution >= 4 is 5.91 Å². The van der Waals surface area contributed by atoms with Crippen molar-refractivity contribution in [2.24, 2.45) is 5.41 Å². The molecule has 166 valence electrons. The molecule has 0 bridgehead atoms. The molecular formula is C27H35NO3. The van der Waals surface area contributed by atoms with Crippen molar-refractivity contribution < 1.29 is 14.3 Å². The van der Waals surface area contributed by atoms with Gasteiger partial charge in [0.25, 0.3) is 0 Å². The number of ether oxygens (including phenoxy) is 2. The summed E-state index contributed by atoms with van der Waals surface area (Å²) >= 11 is 0. The number of hydrogen-bond donors (Lipinski definition) is 0. The Morgan fingerprint density at radius 3 is 1.90 bits per heavy atom. The van der Waals surface area contributed by atoms with E-state index >= 15 is 0 Å². The van der Waals surface area contributed by atoms with Gasteiger partial charge >= 0.3 is 0 Å². The Morgan fingerprint density at radius 2 is 1.42 bits per heavy atom. The van der Waals surface area contributed by atoms with Crippen molar-refractivity contribution in [2.75, 3.05) is 26.3 Å². The number of benzene rings is 2. The Hall–Kier alpha value is -2.43. The fraction of sp³-hybridized carbons (Fsp3) is 0.444. The molecule has 0 heterocycles. The molecule has 1 aliphatic rings. The van der Waals surface area contributed by atoms with Crippen LogP contribution in [0.5, 0.6) is 0 Å². The summed E-state index contributed by atoms with van der Waals surface area (Å²) < 4.78 is 12.3. The first-order valence-electron chi connectivity index (χ1n) is 11.4. The lowest BCUT2D eigenvalue weighted by molar-refractivity contribution is -0.125. The summed E-state index contributed by atoms with van der Waals surface area (Å²) in [7, 11) is 0. The van der Waals surface area contributed by atoms with Crippen molar-refractivity contribution in [3.63, 3.8) is 0 Å². The first kappa shape index (κ1) is 23.2. The van der Waals surface area contributed by atoms with Crippen molar-refractivity contribution in [3.8, 4) is 0 Å². The van der Waals surface area contributed by atoms with Crippen LogP contribution in [0.1, 0.15) is 44.2 Å². The van der Waals surface area contributed by atoms with Gasteiger partial charge in [0, 0.05) is 24.6 Å². The van der Waals surface area contributed by atoms with Crippen LogP contribution in [0.15, 0.2) is 72.3 Å². The molecule has 0 radical (unpaired) electrons. The summed E-state index contributed by atoms with van der Waals surface area (Å²) in [5, 5.41) is 0. The van der Waals surface area contributed by atoms with Gasteiger partial charge in [0.2, 0.25) is 5.91 Å². The van der Waals surface area contributed by atoms with Gasteiger partial charge in [0.15, 0.2) is 0 Å². The van der Waals surface area contributed by atoms with Gasteiger partial charge in [-0.2, -0.15) is 0 Å². The molecule has 1 saturated carbocycles. The fourth-order valence-electron chi connectivity index (χ4n) is 4.22. The average Bonchev–Trinajstić information content (AvgIpc) is 3.18. The predicted octanol–water partition coefficient (Wildman–Crippen LogP) is 5.39. The maximum Gasteiger partial charge on any atom is 0.246 e. The third kappa shape index (κ3) is 7.05. The van der Waals surface area contributed by atoms with Gasteiger partial charge in [-0.1, -0.05) is 66.2 Å². The zero-order valence-corrected chi connectivity index (χ0v) is 18.9. The Labute approximate surface area is 186 Å². The van der Waals surface area contributed by atoms with Gasteiger partial charge < -0.3 is 14.4 Å². The molecule has 0 aliphatic heterocycles. The smallest absolute Gasteiger partial charge is 0.246 e. The minimum Gasteiger partial charge on any atom is -0.376 e. The third-order valence-electron chi connectivity index (χ3n) is 6.02. The van der Waals surface area contributed by atoms with E-state index < -0.39 is 0 Å². The minimum absolute atomic E-state index is 0.0844. The Balaban J connectivity index is 1.63. The van der Waals surface area contributed by atoms with E-state index in [1.807, 2.05) is 61.2 Å². The number of allylic oxidation sites excluding steroid dienone is 1. The van der Waals surface area contributed by atoms with E-state index in [0.29, 0.717) is 26.4 Å². The molecule has 0 saturated heterocycles. The number of hydrogen-bond acceptors (Lipinski definition) is 3. The van der Waals surface area contributed by atoms with Gasteiger partial charge in [-0.3, -0.25) is 4.79 Å². The van der Waals surface area contributed by atoms with E-state index in [-0.39, 0.29) is 11.3 Å². The van der Waals surface area contributed by atoms with Crippen LogP contribution in [-0.4, -0.2) is 37.1 Å². The molecule has 0 aromatic heterocycles. The molecule has 0 N–H and O–H groups in total. The first-order chi connectivity index (χ1) is 15.1. The standard InChI is InChI=1S/C27H35NO3/c1-3-28(4-2)26(29)17-25-15-16-27(18-25,21-30-19-23-11-7-5-8-12-23)22-31-20-24-13-9-6-10-14-24/h5-14,17H,3-4,15-16,18-22H2,1-2H3/b25-17-. The Bertz CT molecular complexity index is 783. The lowest BCUT2D eigenvalue weighted by atomic mass is 9.87. The second kappa shape index (κ2) is 11.8. The second-order valence-electron chi connectivity index (χ2n) is 8.45. The zero-order valence-electron chi connectivity index (χ0n) is 18.9. The van der Waals surface area contributed by atoms with Gasteiger partial charge in [-0.15, -0.1) is 0 Å². The predicted molar refractivity (Wildman–Crippen MR) is 124 cm³/mol. The van der Waals surface area contributed by atoms with Crippen LogP contribution in [0.25, 0.3) is 0 Å². The Kier molecular flexibility index (Phi) is 8.86. The van der Waals surface area contributed by atoms with Gasteiger partial charge in [-0.05, 0) is 44.2 Å². The third-order valence-corrected chi connectivity index (χ3v) is 6.02. The summed E-state index contributed by atoms with van der Waals surface area (Å²) in [6.45, 7) is 7.98. The van der Waals surface area contributed by atoms with E-state index in [0.717, 1.165) is 32.4 Å². The van der Waals surface area contributed by atoms with E-state index in [1.165, 1.54) is 16.7 Å². The summed E-state index contributed by atoms with van der Waals surface area (Å²) in [6.07, 6.45) is 4.61. The highest BCUT2D eigenvalue weighted by Crippen LogP contribution is 2.42.